The first-order valence-corrected chi connectivity index (χ1v) is 6.70. The summed E-state index contributed by atoms with van der Waals surface area (Å²) < 4.78 is 6.70. The van der Waals surface area contributed by atoms with Gasteiger partial charge < -0.3 is 15.2 Å². The monoisotopic (exact) mass is 302 g/mol. The quantitative estimate of drug-likeness (QED) is 0.838. The van der Waals surface area contributed by atoms with Crippen molar-refractivity contribution < 1.29 is 19.4 Å². The molecule has 2 aromatic rings. The van der Waals surface area contributed by atoms with E-state index in [-0.39, 0.29) is 18.7 Å². The Bertz CT molecular complexity index is 693. The largest absolute Gasteiger partial charge is 0.479 e. The number of carbonyl (C=O) groups is 2. The third-order valence-electron chi connectivity index (χ3n) is 3.53. The Morgan fingerprint density at radius 2 is 2.27 bits per heavy atom. The number of pyridine rings is 1. The molecule has 1 aliphatic heterocycles. The molecule has 8 nitrogen and oxygen atoms in total. The Kier molecular flexibility index (Phi) is 3.60. The highest BCUT2D eigenvalue weighted by Gasteiger charge is 2.44. The van der Waals surface area contributed by atoms with E-state index in [1.807, 2.05) is 0 Å². The second-order valence-electron chi connectivity index (χ2n) is 4.99. The maximum absolute atomic E-state index is 12.3. The van der Waals surface area contributed by atoms with Gasteiger partial charge in [-0.25, -0.2) is 9.48 Å². The molecule has 3 rings (SSSR count). The summed E-state index contributed by atoms with van der Waals surface area (Å²) in [5.74, 6) is -1.66. The number of rotatable bonds is 4. The molecule has 0 aromatic carbocycles. The highest BCUT2D eigenvalue weighted by atomic mass is 16.5. The average molecular weight is 302 g/mol. The van der Waals surface area contributed by atoms with Crippen molar-refractivity contribution in [2.45, 2.75) is 12.0 Å². The van der Waals surface area contributed by atoms with E-state index >= 15 is 0 Å². The Balaban J connectivity index is 1.83. The molecule has 1 aliphatic rings. The summed E-state index contributed by atoms with van der Waals surface area (Å²) in [6.45, 7) is 0.250. The Morgan fingerprint density at radius 3 is 2.91 bits per heavy atom. The van der Waals surface area contributed by atoms with Crippen LogP contribution in [0.25, 0.3) is 5.69 Å². The van der Waals surface area contributed by atoms with Crippen molar-refractivity contribution in [2.24, 2.45) is 0 Å². The van der Waals surface area contributed by atoms with Crippen LogP contribution in [0.4, 0.5) is 0 Å². The van der Waals surface area contributed by atoms with E-state index in [1.165, 1.54) is 6.20 Å². The van der Waals surface area contributed by atoms with Gasteiger partial charge in [0.05, 0.1) is 12.3 Å². The average Bonchev–Trinajstić information content (AvgIpc) is 3.19. The van der Waals surface area contributed by atoms with Gasteiger partial charge in [-0.3, -0.25) is 9.78 Å². The van der Waals surface area contributed by atoms with Crippen LogP contribution in [0.3, 0.4) is 0 Å². The van der Waals surface area contributed by atoms with Crippen molar-refractivity contribution in [2.75, 3.05) is 13.2 Å². The summed E-state index contributed by atoms with van der Waals surface area (Å²) in [5, 5.41) is 15.9. The van der Waals surface area contributed by atoms with Crippen LogP contribution in [-0.2, 0) is 9.53 Å². The van der Waals surface area contributed by atoms with Gasteiger partial charge in [0.25, 0.3) is 5.91 Å². The van der Waals surface area contributed by atoms with Crippen LogP contribution in [0.15, 0.2) is 36.8 Å². The molecule has 1 amide bonds. The minimum atomic E-state index is -1.39. The molecule has 22 heavy (non-hydrogen) atoms. The summed E-state index contributed by atoms with van der Waals surface area (Å²) in [6, 6.07) is 5.01. The van der Waals surface area contributed by atoms with Gasteiger partial charge in [0.1, 0.15) is 5.69 Å². The molecule has 0 spiro atoms. The van der Waals surface area contributed by atoms with E-state index in [0.29, 0.717) is 12.3 Å². The van der Waals surface area contributed by atoms with Gasteiger partial charge in [0, 0.05) is 31.6 Å². The maximum Gasteiger partial charge on any atom is 0.331 e. The van der Waals surface area contributed by atoms with Crippen LogP contribution >= 0.6 is 0 Å². The van der Waals surface area contributed by atoms with Crippen molar-refractivity contribution in [3.8, 4) is 5.69 Å². The number of aliphatic carboxylic acids is 1. The highest BCUT2D eigenvalue weighted by molar-refractivity contribution is 5.97. The normalized spacial score (nSPS) is 20.7. The predicted molar refractivity (Wildman–Crippen MR) is 74.6 cm³/mol. The predicted octanol–water partition coefficient (Wildman–Crippen LogP) is 0.241. The first-order chi connectivity index (χ1) is 10.6. The van der Waals surface area contributed by atoms with Crippen LogP contribution in [0, 0.1) is 0 Å². The second kappa shape index (κ2) is 5.57. The Hall–Kier alpha value is -2.74. The van der Waals surface area contributed by atoms with Crippen LogP contribution in [0.5, 0.6) is 0 Å². The number of amides is 1. The molecule has 1 atom stereocenters. The van der Waals surface area contributed by atoms with E-state index in [0.717, 1.165) is 0 Å². The van der Waals surface area contributed by atoms with E-state index < -0.39 is 17.4 Å². The van der Waals surface area contributed by atoms with Crippen LogP contribution in [0.2, 0.25) is 0 Å². The summed E-state index contributed by atoms with van der Waals surface area (Å²) >= 11 is 0. The topological polar surface area (TPSA) is 106 Å². The number of carbonyl (C=O) groups excluding carboxylic acids is 1. The molecule has 0 aliphatic carbocycles. The van der Waals surface area contributed by atoms with Crippen LogP contribution in [-0.4, -0.2) is 50.5 Å². The molecule has 114 valence electrons. The number of carboxylic acids is 1. The first-order valence-electron chi connectivity index (χ1n) is 6.70. The van der Waals surface area contributed by atoms with Gasteiger partial charge in [0.15, 0.2) is 5.54 Å². The fourth-order valence-corrected chi connectivity index (χ4v) is 2.27. The number of aromatic nitrogens is 3. The molecule has 0 radical (unpaired) electrons. The molecule has 0 saturated carbocycles. The van der Waals surface area contributed by atoms with Crippen LogP contribution in [0.1, 0.15) is 16.9 Å². The molecule has 3 heterocycles. The van der Waals surface area contributed by atoms with Crippen molar-refractivity contribution in [1.29, 1.82) is 0 Å². The molecule has 0 bridgehead atoms. The number of ether oxygens (including phenoxy) is 1. The lowest BCUT2D eigenvalue weighted by molar-refractivity contribution is -0.144. The summed E-state index contributed by atoms with van der Waals surface area (Å²) in [6.07, 6.45) is 5.06. The van der Waals surface area contributed by atoms with Gasteiger partial charge in [-0.05, 0) is 18.2 Å². The Labute approximate surface area is 125 Å². The van der Waals surface area contributed by atoms with Gasteiger partial charge >= 0.3 is 5.97 Å². The van der Waals surface area contributed by atoms with Crippen molar-refractivity contribution in [3.63, 3.8) is 0 Å². The Morgan fingerprint density at radius 1 is 1.41 bits per heavy atom. The fraction of sp³-hybridized carbons (Fsp3) is 0.286. The third kappa shape index (κ3) is 2.56. The number of hydrogen-bond donors (Lipinski definition) is 2. The second-order valence-corrected chi connectivity index (χ2v) is 4.99. The zero-order valence-electron chi connectivity index (χ0n) is 11.6. The smallest absolute Gasteiger partial charge is 0.331 e. The van der Waals surface area contributed by atoms with E-state index in [9.17, 15) is 14.7 Å². The molecular formula is C14H14N4O4. The van der Waals surface area contributed by atoms with Crippen molar-refractivity contribution >= 4 is 11.9 Å². The zero-order chi connectivity index (χ0) is 15.6. The molecule has 2 aromatic heterocycles. The van der Waals surface area contributed by atoms with Gasteiger partial charge in [-0.2, -0.15) is 5.10 Å². The molecular weight excluding hydrogens is 288 g/mol. The van der Waals surface area contributed by atoms with Gasteiger partial charge in [-0.15, -0.1) is 0 Å². The van der Waals surface area contributed by atoms with Gasteiger partial charge in [-0.1, -0.05) is 0 Å². The standard InChI is InChI=1S/C14H14N4O4/c19-12(17-14(13(20)21)3-7-22-9-14)11-8-10(2-5-15-11)18-6-1-4-16-18/h1-2,4-6,8H,3,7,9H2,(H,17,19)(H,20,21). The summed E-state index contributed by atoms with van der Waals surface area (Å²) in [7, 11) is 0. The van der Waals surface area contributed by atoms with Gasteiger partial charge in [0.2, 0.25) is 0 Å². The van der Waals surface area contributed by atoms with Crippen molar-refractivity contribution in [3.05, 3.63) is 42.5 Å². The zero-order valence-corrected chi connectivity index (χ0v) is 11.6. The minimum Gasteiger partial charge on any atom is -0.479 e. The molecule has 2 N–H and O–H groups in total. The first kappa shape index (κ1) is 14.2. The SMILES string of the molecule is O=C(NC1(C(=O)O)CCOC1)c1cc(-n2cccn2)ccn1. The fourth-order valence-electron chi connectivity index (χ4n) is 2.27. The molecule has 1 unspecified atom stereocenters. The van der Waals surface area contributed by atoms with E-state index in [2.05, 4.69) is 15.4 Å². The van der Waals surface area contributed by atoms with E-state index in [4.69, 9.17) is 4.74 Å². The lowest BCUT2D eigenvalue weighted by Gasteiger charge is -2.23. The summed E-state index contributed by atoms with van der Waals surface area (Å²) in [5.41, 5.74) is -0.599. The molecule has 1 saturated heterocycles. The lowest BCUT2D eigenvalue weighted by Crippen LogP contribution is -2.55. The number of hydrogen-bond acceptors (Lipinski definition) is 5. The maximum atomic E-state index is 12.3. The molecule has 8 heteroatoms. The molecule has 1 fully saturated rings. The lowest BCUT2D eigenvalue weighted by atomic mass is 9.99. The van der Waals surface area contributed by atoms with Crippen molar-refractivity contribution in [1.82, 2.24) is 20.1 Å². The number of nitrogens with one attached hydrogen (secondary N) is 1. The summed E-state index contributed by atoms with van der Waals surface area (Å²) in [4.78, 5) is 27.7. The number of carboxylic acid groups (broad SMARTS) is 1. The van der Waals surface area contributed by atoms with E-state index in [1.54, 1.807) is 35.3 Å². The number of nitrogens with zero attached hydrogens (tertiary/aromatic N) is 3. The minimum absolute atomic E-state index is 0.0487. The third-order valence-corrected chi connectivity index (χ3v) is 3.53. The highest BCUT2D eigenvalue weighted by Crippen LogP contribution is 2.20. The van der Waals surface area contributed by atoms with Crippen LogP contribution < -0.4 is 5.32 Å².